The summed E-state index contributed by atoms with van der Waals surface area (Å²) in [4.78, 5) is 12.9. The summed E-state index contributed by atoms with van der Waals surface area (Å²) in [6, 6.07) is 0. The van der Waals surface area contributed by atoms with Gasteiger partial charge in [0.25, 0.3) is 0 Å². The highest BCUT2D eigenvalue weighted by Crippen LogP contribution is 2.32. The van der Waals surface area contributed by atoms with Crippen molar-refractivity contribution in [2.24, 2.45) is 0 Å². The maximum atomic E-state index is 10.3. The minimum absolute atomic E-state index is 0.386. The van der Waals surface area contributed by atoms with E-state index in [2.05, 4.69) is 53.2 Å². The molecule has 9 heteroatoms. The predicted octanol–water partition coefficient (Wildman–Crippen LogP) is 1.54. The van der Waals surface area contributed by atoms with E-state index in [1.165, 1.54) is 23.8 Å². The first-order valence-electron chi connectivity index (χ1n) is 9.75. The van der Waals surface area contributed by atoms with Crippen LogP contribution in [0.15, 0.2) is 36.0 Å². The third-order valence-corrected chi connectivity index (χ3v) is 4.96. The van der Waals surface area contributed by atoms with Gasteiger partial charge < -0.3 is 25.4 Å². The van der Waals surface area contributed by atoms with Gasteiger partial charge in [0, 0.05) is 6.54 Å². The first-order valence-corrected chi connectivity index (χ1v) is 9.75. The van der Waals surface area contributed by atoms with Crippen molar-refractivity contribution in [3.63, 3.8) is 0 Å². The molecule has 0 aromatic carbocycles. The summed E-state index contributed by atoms with van der Waals surface area (Å²) < 4.78 is 7.12. The topological polar surface area (TPSA) is 126 Å². The fourth-order valence-electron chi connectivity index (χ4n) is 3.29. The van der Waals surface area contributed by atoms with Crippen LogP contribution in [0.2, 0.25) is 0 Å². The fraction of sp³-hybridized carbons (Fsp3) is 0.550. The van der Waals surface area contributed by atoms with Gasteiger partial charge in [-0.3, -0.25) is 4.57 Å². The zero-order chi connectivity index (χ0) is 21.0. The van der Waals surface area contributed by atoms with Crippen molar-refractivity contribution >= 4 is 17.0 Å². The molecule has 0 aliphatic carbocycles. The number of rotatable bonds is 8. The molecule has 0 spiro atoms. The molecule has 158 valence electrons. The number of nitrogens with one attached hydrogen (secondary N) is 1. The standard InChI is InChI=1S/C20H29N5O4/c1-12(2)5-4-6-13(3)7-8-21-18-15-19(23-10-22-18)25(11-24-15)20-17(28)16(27)14(9-26)29-20/h5,7,10-11,14,16-17,20,26-28H,4,6,8-9H2,1-3H3,(H,21,22,23)/b13-7-/t14-,16-,17-,20-/m1/s1. The van der Waals surface area contributed by atoms with Gasteiger partial charge in [-0.2, -0.15) is 0 Å². The van der Waals surface area contributed by atoms with Gasteiger partial charge in [0.05, 0.1) is 12.9 Å². The van der Waals surface area contributed by atoms with E-state index < -0.39 is 24.5 Å². The highest BCUT2D eigenvalue weighted by molar-refractivity contribution is 5.82. The maximum absolute atomic E-state index is 10.3. The van der Waals surface area contributed by atoms with E-state index in [0.717, 1.165) is 12.8 Å². The molecule has 1 saturated heterocycles. The second kappa shape index (κ2) is 9.45. The summed E-state index contributed by atoms with van der Waals surface area (Å²) in [5.41, 5.74) is 3.63. The molecule has 2 aromatic heterocycles. The zero-order valence-electron chi connectivity index (χ0n) is 17.0. The van der Waals surface area contributed by atoms with Crippen LogP contribution < -0.4 is 5.32 Å². The van der Waals surface area contributed by atoms with Crippen LogP contribution in [0.4, 0.5) is 5.82 Å². The molecule has 4 atom stereocenters. The zero-order valence-corrected chi connectivity index (χ0v) is 17.0. The Morgan fingerprint density at radius 1 is 1.17 bits per heavy atom. The lowest BCUT2D eigenvalue weighted by molar-refractivity contribution is -0.0511. The molecule has 2 aromatic rings. The summed E-state index contributed by atoms with van der Waals surface area (Å²) in [5, 5.41) is 32.8. The fourth-order valence-corrected chi connectivity index (χ4v) is 3.29. The largest absolute Gasteiger partial charge is 0.394 e. The van der Waals surface area contributed by atoms with Crippen LogP contribution in [0.5, 0.6) is 0 Å². The lowest BCUT2D eigenvalue weighted by Crippen LogP contribution is -2.33. The normalized spacial score (nSPS) is 24.8. The van der Waals surface area contributed by atoms with Gasteiger partial charge in [0.1, 0.15) is 24.6 Å². The van der Waals surface area contributed by atoms with Gasteiger partial charge in [-0.05, 0) is 33.6 Å². The van der Waals surface area contributed by atoms with E-state index in [1.807, 2.05) is 0 Å². The Morgan fingerprint density at radius 3 is 2.66 bits per heavy atom. The Morgan fingerprint density at radius 2 is 1.97 bits per heavy atom. The number of hydrogen-bond acceptors (Lipinski definition) is 8. The molecule has 0 bridgehead atoms. The molecule has 3 heterocycles. The molecule has 29 heavy (non-hydrogen) atoms. The predicted molar refractivity (Wildman–Crippen MR) is 109 cm³/mol. The molecule has 4 N–H and O–H groups in total. The molecule has 9 nitrogen and oxygen atoms in total. The van der Waals surface area contributed by atoms with Gasteiger partial charge in [-0.1, -0.05) is 23.3 Å². The van der Waals surface area contributed by atoms with Crippen molar-refractivity contribution in [3.8, 4) is 0 Å². The lowest BCUT2D eigenvalue weighted by atomic mass is 10.1. The third kappa shape index (κ3) is 4.81. The van der Waals surface area contributed by atoms with Crippen molar-refractivity contribution in [2.45, 2.75) is 58.2 Å². The Hall–Kier alpha value is -2.33. The third-order valence-electron chi connectivity index (χ3n) is 4.96. The number of aromatic nitrogens is 4. The van der Waals surface area contributed by atoms with Crippen LogP contribution in [-0.4, -0.2) is 66.3 Å². The monoisotopic (exact) mass is 403 g/mol. The van der Waals surface area contributed by atoms with Crippen LogP contribution in [0, 0.1) is 0 Å². The summed E-state index contributed by atoms with van der Waals surface area (Å²) >= 11 is 0. The number of hydrogen-bond donors (Lipinski definition) is 4. The molecule has 1 aliphatic heterocycles. The second-order valence-corrected chi connectivity index (χ2v) is 7.53. The number of fused-ring (bicyclic) bond motifs is 1. The Bertz CT molecular complexity index is 890. The van der Waals surface area contributed by atoms with Crippen LogP contribution in [-0.2, 0) is 4.74 Å². The Kier molecular flexibility index (Phi) is 6.96. The summed E-state index contributed by atoms with van der Waals surface area (Å²) in [5.74, 6) is 0.578. The summed E-state index contributed by atoms with van der Waals surface area (Å²) in [6.45, 7) is 6.52. The van der Waals surface area contributed by atoms with Gasteiger partial charge in [0.2, 0.25) is 0 Å². The van der Waals surface area contributed by atoms with Gasteiger partial charge in [-0.25, -0.2) is 15.0 Å². The maximum Gasteiger partial charge on any atom is 0.167 e. The number of ether oxygens (including phenoxy) is 1. The van der Waals surface area contributed by atoms with E-state index in [1.54, 1.807) is 4.57 Å². The number of allylic oxidation sites excluding steroid dienone is 3. The summed E-state index contributed by atoms with van der Waals surface area (Å²) in [7, 11) is 0. The molecular formula is C20H29N5O4. The summed E-state index contributed by atoms with van der Waals surface area (Å²) in [6.07, 6.45) is 5.17. The van der Waals surface area contributed by atoms with Crippen molar-refractivity contribution in [2.75, 3.05) is 18.5 Å². The first kappa shape index (κ1) is 21.4. The average molecular weight is 403 g/mol. The highest BCUT2D eigenvalue weighted by atomic mass is 16.6. The highest BCUT2D eigenvalue weighted by Gasteiger charge is 2.44. The van der Waals surface area contributed by atoms with Crippen LogP contribution in [0.3, 0.4) is 0 Å². The molecule has 0 unspecified atom stereocenters. The smallest absolute Gasteiger partial charge is 0.167 e. The first-order chi connectivity index (χ1) is 13.9. The molecule has 0 saturated carbocycles. The van der Waals surface area contributed by atoms with Gasteiger partial charge in [0.15, 0.2) is 23.2 Å². The van der Waals surface area contributed by atoms with E-state index in [0.29, 0.717) is 23.5 Å². The van der Waals surface area contributed by atoms with E-state index in [4.69, 9.17) is 4.74 Å². The van der Waals surface area contributed by atoms with Crippen molar-refractivity contribution in [3.05, 3.63) is 36.0 Å². The van der Waals surface area contributed by atoms with E-state index in [-0.39, 0.29) is 6.61 Å². The molecule has 0 amide bonds. The number of nitrogens with zero attached hydrogens (tertiary/aromatic N) is 4. The van der Waals surface area contributed by atoms with Gasteiger partial charge >= 0.3 is 0 Å². The Balaban J connectivity index is 1.71. The van der Waals surface area contributed by atoms with Crippen LogP contribution in [0.1, 0.15) is 39.8 Å². The van der Waals surface area contributed by atoms with E-state index in [9.17, 15) is 15.3 Å². The number of aliphatic hydroxyl groups excluding tert-OH is 3. The average Bonchev–Trinajstić information content (AvgIpc) is 3.23. The van der Waals surface area contributed by atoms with Gasteiger partial charge in [-0.15, -0.1) is 0 Å². The molecule has 1 fully saturated rings. The molecule has 1 aliphatic rings. The van der Waals surface area contributed by atoms with Crippen molar-refractivity contribution in [1.82, 2.24) is 19.5 Å². The molecule has 0 radical (unpaired) electrons. The SMILES string of the molecule is CC(C)=CCC/C(C)=C\CNc1ncnc2c1ncn2[C@@H]1O[C@H](CO)[C@@H](O)[C@H]1O. The number of anilines is 1. The van der Waals surface area contributed by atoms with Crippen molar-refractivity contribution in [1.29, 1.82) is 0 Å². The number of aliphatic hydroxyl groups is 3. The quantitative estimate of drug-likeness (QED) is 0.489. The molecule has 3 rings (SSSR count). The van der Waals surface area contributed by atoms with Crippen LogP contribution >= 0.6 is 0 Å². The minimum atomic E-state index is -1.19. The van der Waals surface area contributed by atoms with Crippen LogP contribution in [0.25, 0.3) is 11.2 Å². The lowest BCUT2D eigenvalue weighted by Gasteiger charge is -2.16. The Labute approximate surface area is 169 Å². The molecular weight excluding hydrogens is 374 g/mol. The van der Waals surface area contributed by atoms with E-state index >= 15 is 0 Å². The number of imidazole rings is 1. The minimum Gasteiger partial charge on any atom is -0.394 e. The second-order valence-electron chi connectivity index (χ2n) is 7.53. The van der Waals surface area contributed by atoms with Crippen molar-refractivity contribution < 1.29 is 20.1 Å².